The summed E-state index contributed by atoms with van der Waals surface area (Å²) in [5.74, 6) is -0.743. The van der Waals surface area contributed by atoms with Crippen LogP contribution in [-0.4, -0.2) is 28.3 Å². The number of para-hydroxylation sites is 1. The molecule has 0 aliphatic carbocycles. The number of anilines is 2. The van der Waals surface area contributed by atoms with Crippen LogP contribution in [0, 0.1) is 6.92 Å². The van der Waals surface area contributed by atoms with Crippen LogP contribution in [0.25, 0.3) is 5.69 Å². The van der Waals surface area contributed by atoms with Gasteiger partial charge in [-0.3, -0.25) is 19.1 Å². The Bertz CT molecular complexity index is 1420. The number of carbonyl (C=O) groups excluding carboxylic acids is 2. The zero-order valence-electron chi connectivity index (χ0n) is 19.7. The second kappa shape index (κ2) is 10.2. The predicted molar refractivity (Wildman–Crippen MR) is 135 cm³/mol. The van der Waals surface area contributed by atoms with Crippen molar-refractivity contribution in [1.82, 2.24) is 9.36 Å². The second-order valence-electron chi connectivity index (χ2n) is 8.06. The van der Waals surface area contributed by atoms with Crippen LogP contribution in [0.1, 0.15) is 32.0 Å². The van der Waals surface area contributed by atoms with Crippen LogP contribution in [0.2, 0.25) is 0 Å². The Balaban J connectivity index is 1.52. The van der Waals surface area contributed by atoms with E-state index in [-0.39, 0.29) is 17.2 Å². The maximum atomic E-state index is 13.1. The van der Waals surface area contributed by atoms with Crippen molar-refractivity contribution in [3.8, 4) is 5.69 Å². The van der Waals surface area contributed by atoms with Gasteiger partial charge in [-0.25, -0.2) is 4.68 Å². The molecule has 4 rings (SSSR count). The highest BCUT2D eigenvalue weighted by atomic mass is 16.5. The van der Waals surface area contributed by atoms with Gasteiger partial charge in [0.25, 0.3) is 17.4 Å². The van der Waals surface area contributed by atoms with Crippen molar-refractivity contribution in [3.05, 3.63) is 112 Å². The number of rotatable bonds is 7. The van der Waals surface area contributed by atoms with Gasteiger partial charge in [-0.1, -0.05) is 36.4 Å². The number of methoxy groups -OCH3 is 1. The van der Waals surface area contributed by atoms with Gasteiger partial charge in [-0.05, 0) is 55.0 Å². The van der Waals surface area contributed by atoms with Gasteiger partial charge in [-0.2, -0.15) is 0 Å². The molecule has 8 heteroatoms. The molecule has 178 valence electrons. The van der Waals surface area contributed by atoms with Gasteiger partial charge >= 0.3 is 0 Å². The molecule has 0 aliphatic rings. The number of hydrogen-bond acceptors (Lipinski definition) is 4. The van der Waals surface area contributed by atoms with Crippen molar-refractivity contribution in [2.24, 2.45) is 7.05 Å². The second-order valence-corrected chi connectivity index (χ2v) is 8.06. The fourth-order valence-corrected chi connectivity index (χ4v) is 3.76. The van der Waals surface area contributed by atoms with E-state index in [9.17, 15) is 14.4 Å². The first kappa shape index (κ1) is 23.7. The average Bonchev–Trinajstić information content (AvgIpc) is 3.08. The molecule has 2 N–H and O–H groups in total. The molecule has 35 heavy (non-hydrogen) atoms. The molecule has 8 nitrogen and oxygen atoms in total. The molecule has 2 amide bonds. The highest BCUT2D eigenvalue weighted by Gasteiger charge is 2.19. The van der Waals surface area contributed by atoms with Crippen molar-refractivity contribution < 1.29 is 14.3 Å². The summed E-state index contributed by atoms with van der Waals surface area (Å²) >= 11 is 0. The summed E-state index contributed by atoms with van der Waals surface area (Å²) in [5.41, 5.74) is 3.42. The van der Waals surface area contributed by atoms with Crippen LogP contribution >= 0.6 is 0 Å². The van der Waals surface area contributed by atoms with Crippen LogP contribution in [-0.2, 0) is 18.4 Å². The number of aromatic nitrogens is 2. The van der Waals surface area contributed by atoms with E-state index in [1.54, 1.807) is 62.2 Å². The smallest absolute Gasteiger partial charge is 0.295 e. The SMILES string of the molecule is COCc1ccc(C(=O)Nc2cccc(C(=O)Nc3c(C)n(C)n(-c4ccccc4)c3=O)c2)cc1. The molecule has 3 aromatic carbocycles. The Hall–Kier alpha value is -4.43. The molecule has 0 spiro atoms. The Morgan fingerprint density at radius 3 is 2.23 bits per heavy atom. The minimum Gasteiger partial charge on any atom is -0.380 e. The molecular formula is C27H26N4O4. The fraction of sp³-hybridized carbons (Fsp3) is 0.148. The number of carbonyl (C=O) groups is 2. The van der Waals surface area contributed by atoms with Gasteiger partial charge in [0.2, 0.25) is 0 Å². The van der Waals surface area contributed by atoms with Crippen LogP contribution in [0.4, 0.5) is 11.4 Å². The third-order valence-electron chi connectivity index (χ3n) is 5.70. The van der Waals surface area contributed by atoms with Gasteiger partial charge in [0.15, 0.2) is 0 Å². The lowest BCUT2D eigenvalue weighted by molar-refractivity contribution is 0.101. The summed E-state index contributed by atoms with van der Waals surface area (Å²) in [4.78, 5) is 38.7. The minimum atomic E-state index is -0.448. The Morgan fingerprint density at radius 1 is 0.857 bits per heavy atom. The average molecular weight is 471 g/mol. The third-order valence-corrected chi connectivity index (χ3v) is 5.70. The molecule has 0 aliphatic heterocycles. The monoisotopic (exact) mass is 470 g/mol. The summed E-state index contributed by atoms with van der Waals surface area (Å²) in [7, 11) is 3.37. The van der Waals surface area contributed by atoms with Gasteiger partial charge in [0.05, 0.1) is 18.0 Å². The predicted octanol–water partition coefficient (Wildman–Crippen LogP) is 4.14. The fourth-order valence-electron chi connectivity index (χ4n) is 3.76. The quantitative estimate of drug-likeness (QED) is 0.425. The number of benzene rings is 3. The molecule has 0 bridgehead atoms. The van der Waals surface area contributed by atoms with Crippen molar-refractivity contribution >= 4 is 23.2 Å². The number of amides is 2. The summed E-state index contributed by atoms with van der Waals surface area (Å²) in [5, 5.41) is 5.54. The largest absolute Gasteiger partial charge is 0.380 e. The first-order chi connectivity index (χ1) is 16.9. The van der Waals surface area contributed by atoms with Gasteiger partial charge in [0, 0.05) is 31.0 Å². The van der Waals surface area contributed by atoms with Crippen LogP contribution in [0.5, 0.6) is 0 Å². The molecule has 0 unspecified atom stereocenters. The van der Waals surface area contributed by atoms with Crippen molar-refractivity contribution in [1.29, 1.82) is 0 Å². The van der Waals surface area contributed by atoms with Gasteiger partial charge in [-0.15, -0.1) is 0 Å². The topological polar surface area (TPSA) is 94.4 Å². The van der Waals surface area contributed by atoms with E-state index >= 15 is 0 Å². The lowest BCUT2D eigenvalue weighted by Gasteiger charge is -2.09. The lowest BCUT2D eigenvalue weighted by Crippen LogP contribution is -2.23. The standard InChI is InChI=1S/C27H26N4O4/c1-18-24(27(34)31(30(18)2)23-10-5-4-6-11-23)29-26(33)21-8-7-9-22(16-21)28-25(32)20-14-12-19(13-15-20)17-35-3/h4-16H,17H2,1-3H3,(H,28,32)(H,29,33). The first-order valence-corrected chi connectivity index (χ1v) is 11.0. The molecule has 0 saturated carbocycles. The van der Waals surface area contributed by atoms with Crippen LogP contribution in [0.15, 0.2) is 83.7 Å². The maximum Gasteiger partial charge on any atom is 0.295 e. The van der Waals surface area contributed by atoms with Crippen molar-refractivity contribution in [3.63, 3.8) is 0 Å². The van der Waals surface area contributed by atoms with Crippen LogP contribution < -0.4 is 16.2 Å². The Morgan fingerprint density at radius 2 is 1.54 bits per heavy atom. The van der Waals surface area contributed by atoms with Crippen molar-refractivity contribution in [2.45, 2.75) is 13.5 Å². The van der Waals surface area contributed by atoms with E-state index in [4.69, 9.17) is 4.74 Å². The lowest BCUT2D eigenvalue weighted by atomic mass is 10.1. The zero-order chi connectivity index (χ0) is 24.9. The molecule has 0 saturated heterocycles. The first-order valence-electron chi connectivity index (χ1n) is 11.0. The van der Waals surface area contributed by atoms with Gasteiger partial charge < -0.3 is 15.4 Å². The molecular weight excluding hydrogens is 444 g/mol. The highest BCUT2D eigenvalue weighted by molar-refractivity contribution is 6.07. The molecule has 4 aromatic rings. The van der Waals surface area contributed by atoms with Gasteiger partial charge in [0.1, 0.15) is 5.69 Å². The molecule has 0 fully saturated rings. The number of nitrogens with one attached hydrogen (secondary N) is 2. The summed E-state index contributed by atoms with van der Waals surface area (Å²) < 4.78 is 8.28. The van der Waals surface area contributed by atoms with Crippen LogP contribution in [0.3, 0.4) is 0 Å². The third kappa shape index (κ3) is 5.07. The van der Waals surface area contributed by atoms with E-state index in [1.807, 2.05) is 42.5 Å². The molecule has 0 atom stereocenters. The molecule has 1 aromatic heterocycles. The van der Waals surface area contributed by atoms with E-state index in [0.29, 0.717) is 34.8 Å². The summed E-state index contributed by atoms with van der Waals surface area (Å²) in [6.45, 7) is 2.24. The number of ether oxygens (including phenoxy) is 1. The highest BCUT2D eigenvalue weighted by Crippen LogP contribution is 2.17. The summed E-state index contributed by atoms with van der Waals surface area (Å²) in [6, 6.07) is 22.9. The Kier molecular flexibility index (Phi) is 6.93. The maximum absolute atomic E-state index is 13.1. The Labute approximate surface area is 202 Å². The van der Waals surface area contributed by atoms with E-state index < -0.39 is 5.91 Å². The van der Waals surface area contributed by atoms with E-state index in [0.717, 1.165) is 5.56 Å². The van der Waals surface area contributed by atoms with E-state index in [1.165, 1.54) is 4.68 Å². The van der Waals surface area contributed by atoms with Crippen molar-refractivity contribution in [2.75, 3.05) is 17.7 Å². The normalized spacial score (nSPS) is 10.7. The summed E-state index contributed by atoms with van der Waals surface area (Å²) in [6.07, 6.45) is 0. The zero-order valence-corrected chi connectivity index (χ0v) is 19.7. The molecule has 1 heterocycles. The minimum absolute atomic E-state index is 0.201. The number of hydrogen-bond donors (Lipinski definition) is 2. The van der Waals surface area contributed by atoms with E-state index in [2.05, 4.69) is 10.6 Å². The molecule has 0 radical (unpaired) electrons. The number of nitrogens with zero attached hydrogens (tertiary/aromatic N) is 2.